The van der Waals surface area contributed by atoms with Crippen LogP contribution >= 0.6 is 23.2 Å². The fraction of sp³-hybridized carbons (Fsp3) is 0.300. The quantitative estimate of drug-likeness (QED) is 0.603. The molecule has 146 valence electrons. The van der Waals surface area contributed by atoms with Gasteiger partial charge in [0.05, 0.1) is 5.02 Å². The molecule has 28 heavy (non-hydrogen) atoms. The van der Waals surface area contributed by atoms with E-state index in [1.165, 1.54) is 0 Å². The maximum absolute atomic E-state index is 12.4. The summed E-state index contributed by atoms with van der Waals surface area (Å²) in [5.74, 6) is 0.347. The standard InChI is InChI=1S/C20H18Cl2N2O4/c21-13-5-6-17(15(22)11-13)26-12-19(25)24-9-7-14(8-10-24)27-20-23-16-3-1-2-4-18(16)28-20/h1-6,11,14H,7-10,12H2. The third-order valence-corrected chi connectivity index (χ3v) is 5.11. The van der Waals surface area contributed by atoms with E-state index >= 15 is 0 Å². The Morgan fingerprint density at radius 3 is 2.71 bits per heavy atom. The van der Waals surface area contributed by atoms with Gasteiger partial charge < -0.3 is 18.8 Å². The van der Waals surface area contributed by atoms with E-state index in [2.05, 4.69) is 4.98 Å². The van der Waals surface area contributed by atoms with Crippen molar-refractivity contribution in [2.24, 2.45) is 0 Å². The van der Waals surface area contributed by atoms with Crippen LogP contribution in [0.5, 0.6) is 11.8 Å². The van der Waals surface area contributed by atoms with Crippen molar-refractivity contribution in [3.8, 4) is 11.8 Å². The second kappa shape index (κ2) is 8.29. The Bertz CT molecular complexity index is 950. The van der Waals surface area contributed by atoms with Crippen molar-refractivity contribution in [1.29, 1.82) is 0 Å². The van der Waals surface area contributed by atoms with Crippen LogP contribution < -0.4 is 9.47 Å². The number of ether oxygens (including phenoxy) is 2. The second-order valence-corrected chi connectivity index (χ2v) is 7.35. The first-order valence-corrected chi connectivity index (χ1v) is 9.72. The Kier molecular flexibility index (Phi) is 5.59. The molecule has 8 heteroatoms. The van der Waals surface area contributed by atoms with Gasteiger partial charge in [-0.3, -0.25) is 4.79 Å². The monoisotopic (exact) mass is 420 g/mol. The number of piperidine rings is 1. The molecule has 6 nitrogen and oxygen atoms in total. The van der Waals surface area contributed by atoms with E-state index in [4.69, 9.17) is 37.1 Å². The summed E-state index contributed by atoms with van der Waals surface area (Å²) in [4.78, 5) is 18.5. The number of para-hydroxylation sites is 2. The van der Waals surface area contributed by atoms with Crippen LogP contribution in [0.1, 0.15) is 12.8 Å². The van der Waals surface area contributed by atoms with Crippen LogP contribution in [0.2, 0.25) is 10.0 Å². The molecule has 3 aromatic rings. The lowest BCUT2D eigenvalue weighted by Gasteiger charge is -2.31. The maximum Gasteiger partial charge on any atom is 0.394 e. The summed E-state index contributed by atoms with van der Waals surface area (Å²) in [6.45, 7) is 1.10. The summed E-state index contributed by atoms with van der Waals surface area (Å²) in [6.07, 6.45) is 1.63. The first-order chi connectivity index (χ1) is 13.6. The van der Waals surface area contributed by atoms with Crippen molar-refractivity contribution in [2.45, 2.75) is 18.9 Å². The molecule has 2 heterocycles. The first-order valence-electron chi connectivity index (χ1n) is 8.96. The van der Waals surface area contributed by atoms with E-state index in [0.29, 0.717) is 47.3 Å². The highest BCUT2D eigenvalue weighted by molar-refractivity contribution is 6.35. The average Bonchev–Trinajstić information content (AvgIpc) is 3.10. The van der Waals surface area contributed by atoms with Gasteiger partial charge in [-0.15, -0.1) is 0 Å². The van der Waals surface area contributed by atoms with Gasteiger partial charge in [-0.25, -0.2) is 0 Å². The molecule has 0 spiro atoms. The Balaban J connectivity index is 1.26. The highest BCUT2D eigenvalue weighted by Gasteiger charge is 2.25. The SMILES string of the molecule is O=C(COc1ccc(Cl)cc1Cl)N1CCC(Oc2nc3ccccc3o2)CC1. The smallest absolute Gasteiger partial charge is 0.394 e. The molecule has 2 aromatic carbocycles. The number of carbonyl (C=O) groups is 1. The van der Waals surface area contributed by atoms with Gasteiger partial charge in [-0.1, -0.05) is 35.3 Å². The minimum absolute atomic E-state index is 0.0382. The van der Waals surface area contributed by atoms with Crippen molar-refractivity contribution in [3.63, 3.8) is 0 Å². The summed E-state index contributed by atoms with van der Waals surface area (Å²) in [6, 6.07) is 12.4. The van der Waals surface area contributed by atoms with Crippen molar-refractivity contribution in [3.05, 3.63) is 52.5 Å². The fourth-order valence-corrected chi connectivity index (χ4v) is 3.55. The first kappa shape index (κ1) is 18.9. The molecule has 1 saturated heterocycles. The number of oxazole rings is 1. The van der Waals surface area contributed by atoms with Gasteiger partial charge in [0.15, 0.2) is 12.2 Å². The Morgan fingerprint density at radius 2 is 1.96 bits per heavy atom. The highest BCUT2D eigenvalue weighted by atomic mass is 35.5. The molecule has 1 amide bonds. The Morgan fingerprint density at radius 1 is 1.18 bits per heavy atom. The van der Waals surface area contributed by atoms with E-state index in [1.54, 1.807) is 23.1 Å². The van der Waals surface area contributed by atoms with E-state index in [9.17, 15) is 4.79 Å². The number of amides is 1. The van der Waals surface area contributed by atoms with Crippen LogP contribution in [0.3, 0.4) is 0 Å². The molecular formula is C20H18Cl2N2O4. The number of fused-ring (bicyclic) bond motifs is 1. The fourth-order valence-electron chi connectivity index (χ4n) is 3.09. The molecule has 0 N–H and O–H groups in total. The number of aromatic nitrogens is 1. The average molecular weight is 421 g/mol. The van der Waals surface area contributed by atoms with Crippen molar-refractivity contribution < 1.29 is 18.7 Å². The zero-order chi connectivity index (χ0) is 19.5. The summed E-state index contributed by atoms with van der Waals surface area (Å²) in [5, 5.41) is 0.899. The predicted octanol–water partition coefficient (Wildman–Crippen LogP) is 4.58. The van der Waals surface area contributed by atoms with Crippen molar-refractivity contribution >= 4 is 40.2 Å². The van der Waals surface area contributed by atoms with Gasteiger partial charge in [0, 0.05) is 31.0 Å². The third kappa shape index (κ3) is 4.34. The molecular weight excluding hydrogens is 403 g/mol. The Labute approximate surface area is 171 Å². The number of carbonyl (C=O) groups excluding carboxylic acids is 1. The number of likely N-dealkylation sites (tertiary alicyclic amines) is 1. The molecule has 4 rings (SSSR count). The summed E-state index contributed by atoms with van der Waals surface area (Å²) < 4.78 is 17.0. The minimum Gasteiger partial charge on any atom is -0.482 e. The third-order valence-electron chi connectivity index (χ3n) is 4.58. The number of nitrogens with zero attached hydrogens (tertiary/aromatic N) is 2. The highest BCUT2D eigenvalue weighted by Crippen LogP contribution is 2.28. The van der Waals surface area contributed by atoms with Gasteiger partial charge >= 0.3 is 6.08 Å². The molecule has 0 unspecified atom stereocenters. The predicted molar refractivity (Wildman–Crippen MR) is 106 cm³/mol. The Hall–Kier alpha value is -2.44. The van der Waals surface area contributed by atoms with E-state index < -0.39 is 0 Å². The van der Waals surface area contributed by atoms with Crippen molar-refractivity contribution in [2.75, 3.05) is 19.7 Å². The van der Waals surface area contributed by atoms with Gasteiger partial charge in [0.1, 0.15) is 17.4 Å². The number of hydrogen-bond donors (Lipinski definition) is 0. The lowest BCUT2D eigenvalue weighted by Crippen LogP contribution is -2.43. The van der Waals surface area contributed by atoms with E-state index in [1.807, 2.05) is 24.3 Å². The summed E-state index contributed by atoms with van der Waals surface area (Å²) >= 11 is 11.9. The van der Waals surface area contributed by atoms with Gasteiger partial charge in [0.25, 0.3) is 5.91 Å². The molecule has 1 aliphatic heterocycles. The van der Waals surface area contributed by atoms with Crippen LogP contribution in [0, 0.1) is 0 Å². The molecule has 0 radical (unpaired) electrons. The van der Waals surface area contributed by atoms with Crippen LogP contribution in [0.4, 0.5) is 0 Å². The normalized spacial score (nSPS) is 15.0. The van der Waals surface area contributed by atoms with Crippen LogP contribution in [-0.2, 0) is 4.79 Å². The molecule has 1 aromatic heterocycles. The lowest BCUT2D eigenvalue weighted by molar-refractivity contribution is -0.135. The zero-order valence-electron chi connectivity index (χ0n) is 14.9. The number of halogens is 2. The molecule has 0 bridgehead atoms. The van der Waals surface area contributed by atoms with Crippen LogP contribution in [0.15, 0.2) is 46.9 Å². The van der Waals surface area contributed by atoms with Crippen LogP contribution in [0.25, 0.3) is 11.1 Å². The summed E-state index contributed by atoms with van der Waals surface area (Å²) in [5.41, 5.74) is 1.46. The minimum atomic E-state index is -0.0914. The van der Waals surface area contributed by atoms with Gasteiger partial charge in [-0.2, -0.15) is 4.98 Å². The molecule has 0 aliphatic carbocycles. The molecule has 0 atom stereocenters. The van der Waals surface area contributed by atoms with Crippen LogP contribution in [-0.4, -0.2) is 41.6 Å². The molecule has 1 aliphatic rings. The van der Waals surface area contributed by atoms with Gasteiger partial charge in [-0.05, 0) is 30.3 Å². The lowest BCUT2D eigenvalue weighted by atomic mass is 10.1. The largest absolute Gasteiger partial charge is 0.482 e. The number of benzene rings is 2. The van der Waals surface area contributed by atoms with Crippen molar-refractivity contribution in [1.82, 2.24) is 9.88 Å². The second-order valence-electron chi connectivity index (χ2n) is 6.51. The zero-order valence-corrected chi connectivity index (χ0v) is 16.4. The van der Waals surface area contributed by atoms with E-state index in [-0.39, 0.29) is 24.7 Å². The molecule has 0 saturated carbocycles. The van der Waals surface area contributed by atoms with E-state index in [0.717, 1.165) is 5.52 Å². The number of hydrogen-bond acceptors (Lipinski definition) is 5. The number of rotatable bonds is 5. The topological polar surface area (TPSA) is 64.8 Å². The summed E-state index contributed by atoms with van der Waals surface area (Å²) in [7, 11) is 0. The molecule has 1 fully saturated rings. The maximum atomic E-state index is 12.4. The van der Waals surface area contributed by atoms with Gasteiger partial charge in [0.2, 0.25) is 0 Å².